The van der Waals surface area contributed by atoms with E-state index >= 15 is 0 Å². The van der Waals surface area contributed by atoms with Gasteiger partial charge < -0.3 is 19.7 Å². The predicted octanol–water partition coefficient (Wildman–Crippen LogP) is 1.22. The molecule has 1 aromatic carbocycles. The number of likely N-dealkylation sites (tertiary alicyclic amines) is 1. The summed E-state index contributed by atoms with van der Waals surface area (Å²) in [4.78, 5) is 14.8. The fourth-order valence-corrected chi connectivity index (χ4v) is 4.48. The van der Waals surface area contributed by atoms with Crippen LogP contribution in [0, 0.1) is 0 Å². The van der Waals surface area contributed by atoms with E-state index < -0.39 is 10.0 Å². The Bertz CT molecular complexity index is 778. The maximum Gasteiger partial charge on any atom is 0.240 e. The van der Waals surface area contributed by atoms with Crippen molar-refractivity contribution in [3.8, 4) is 11.5 Å². The molecule has 2 heterocycles. The largest absolute Gasteiger partial charge is 0.486 e. The summed E-state index contributed by atoms with van der Waals surface area (Å²) in [6.45, 7) is 5.93. The quantitative estimate of drug-likeness (QED) is 0.615. The van der Waals surface area contributed by atoms with Crippen LogP contribution >= 0.6 is 0 Å². The molecule has 1 aromatic rings. The van der Waals surface area contributed by atoms with Crippen LogP contribution in [0.25, 0.3) is 0 Å². The van der Waals surface area contributed by atoms with Crippen LogP contribution < -0.4 is 19.1 Å². The van der Waals surface area contributed by atoms with Crippen molar-refractivity contribution in [2.45, 2.75) is 26.2 Å². The van der Waals surface area contributed by atoms with Crippen LogP contribution in [0.2, 0.25) is 0 Å². The van der Waals surface area contributed by atoms with Crippen LogP contribution in [0.4, 0.5) is 5.69 Å². The zero-order chi connectivity index (χ0) is 20.0. The minimum Gasteiger partial charge on any atom is -0.486 e. The fourth-order valence-electron chi connectivity index (χ4n) is 3.42. The van der Waals surface area contributed by atoms with Gasteiger partial charge in [0, 0.05) is 12.6 Å². The van der Waals surface area contributed by atoms with Gasteiger partial charge in [-0.2, -0.15) is 0 Å². The van der Waals surface area contributed by atoms with Gasteiger partial charge in [0.15, 0.2) is 11.5 Å². The average molecular weight is 412 g/mol. The van der Waals surface area contributed by atoms with Crippen molar-refractivity contribution in [3.63, 3.8) is 0 Å². The summed E-state index contributed by atoms with van der Waals surface area (Å²) in [6.07, 6.45) is 3.34. The lowest BCUT2D eigenvalue weighted by atomic mass is 10.2. The van der Waals surface area contributed by atoms with Crippen LogP contribution in [-0.4, -0.2) is 70.9 Å². The zero-order valence-corrected chi connectivity index (χ0v) is 17.2. The maximum atomic E-state index is 12.6. The van der Waals surface area contributed by atoms with Gasteiger partial charge in [0.2, 0.25) is 15.9 Å². The molecule has 0 unspecified atom stereocenters. The molecule has 1 N–H and O–H groups in total. The van der Waals surface area contributed by atoms with Crippen LogP contribution in [0.1, 0.15) is 26.2 Å². The van der Waals surface area contributed by atoms with Crippen LogP contribution in [0.15, 0.2) is 18.2 Å². The molecule has 0 bridgehead atoms. The first kappa shape index (κ1) is 20.7. The molecule has 1 amide bonds. The fraction of sp³-hybridized carbons (Fsp3) is 0.632. The number of nitrogens with one attached hydrogen (secondary N) is 1. The van der Waals surface area contributed by atoms with Crippen molar-refractivity contribution in [2.24, 2.45) is 0 Å². The Morgan fingerprint density at radius 1 is 1.18 bits per heavy atom. The highest BCUT2D eigenvalue weighted by Gasteiger charge is 2.25. The smallest absolute Gasteiger partial charge is 0.240 e. The summed E-state index contributed by atoms with van der Waals surface area (Å²) in [5.41, 5.74) is 0.401. The average Bonchev–Trinajstić information content (AvgIpc) is 3.22. The summed E-state index contributed by atoms with van der Waals surface area (Å²) in [7, 11) is -3.61. The third kappa shape index (κ3) is 5.29. The van der Waals surface area contributed by atoms with Crippen LogP contribution in [0.5, 0.6) is 11.5 Å². The Morgan fingerprint density at radius 2 is 1.89 bits per heavy atom. The first-order valence-electron chi connectivity index (χ1n) is 9.89. The van der Waals surface area contributed by atoms with Crippen molar-refractivity contribution >= 4 is 21.6 Å². The normalized spacial score (nSPS) is 16.8. The van der Waals surface area contributed by atoms with Gasteiger partial charge in [-0.05, 0) is 58.0 Å². The summed E-state index contributed by atoms with van der Waals surface area (Å²) in [5.74, 6) is 0.665. The third-order valence-electron chi connectivity index (χ3n) is 4.97. The van der Waals surface area contributed by atoms with E-state index in [0.29, 0.717) is 36.9 Å². The molecule has 3 rings (SSSR count). The first-order valence-corrected chi connectivity index (χ1v) is 11.5. The minimum atomic E-state index is -3.61. The van der Waals surface area contributed by atoms with Gasteiger partial charge in [-0.3, -0.25) is 9.10 Å². The number of carbonyl (C=O) groups excluding carboxylic acids is 1. The third-order valence-corrected chi connectivity index (χ3v) is 6.71. The number of carbonyl (C=O) groups is 1. The Balaban J connectivity index is 1.61. The lowest BCUT2D eigenvalue weighted by molar-refractivity contribution is -0.119. The number of anilines is 1. The molecule has 1 saturated heterocycles. The first-order chi connectivity index (χ1) is 13.5. The molecule has 0 spiro atoms. The SMILES string of the molecule is CCS(=O)(=O)N(CC(=O)NCCCN1CCCC1)c1ccc2c(c1)OCCO2. The van der Waals surface area contributed by atoms with Crippen molar-refractivity contribution in [1.29, 1.82) is 0 Å². The van der Waals surface area contributed by atoms with Gasteiger partial charge in [0.1, 0.15) is 19.8 Å². The van der Waals surface area contributed by atoms with Gasteiger partial charge in [0.25, 0.3) is 0 Å². The Kier molecular flexibility index (Phi) is 7.01. The predicted molar refractivity (Wildman–Crippen MR) is 108 cm³/mol. The monoisotopic (exact) mass is 411 g/mol. The summed E-state index contributed by atoms with van der Waals surface area (Å²) in [5, 5.41) is 2.84. The number of rotatable bonds is 9. The molecule has 2 aliphatic rings. The molecular weight excluding hydrogens is 382 g/mol. The van der Waals surface area contributed by atoms with E-state index in [1.165, 1.54) is 12.8 Å². The molecule has 0 saturated carbocycles. The molecular formula is C19H29N3O5S. The van der Waals surface area contributed by atoms with Crippen molar-refractivity contribution in [2.75, 3.05) is 56.0 Å². The summed E-state index contributed by atoms with van der Waals surface area (Å²) >= 11 is 0. The number of hydrogen-bond donors (Lipinski definition) is 1. The molecule has 8 nitrogen and oxygen atoms in total. The topological polar surface area (TPSA) is 88.2 Å². The second-order valence-electron chi connectivity index (χ2n) is 6.99. The number of hydrogen-bond acceptors (Lipinski definition) is 6. The van der Waals surface area contributed by atoms with Crippen LogP contribution in [0.3, 0.4) is 0 Å². The van der Waals surface area contributed by atoms with E-state index in [1.807, 2.05) is 0 Å². The number of ether oxygens (including phenoxy) is 2. The highest BCUT2D eigenvalue weighted by atomic mass is 32.2. The highest BCUT2D eigenvalue weighted by molar-refractivity contribution is 7.92. The van der Waals surface area contributed by atoms with Crippen LogP contribution in [-0.2, 0) is 14.8 Å². The summed E-state index contributed by atoms with van der Waals surface area (Å²) in [6, 6.07) is 4.93. The van der Waals surface area contributed by atoms with Gasteiger partial charge >= 0.3 is 0 Å². The number of fused-ring (bicyclic) bond motifs is 1. The molecule has 1 fully saturated rings. The zero-order valence-electron chi connectivity index (χ0n) is 16.4. The standard InChI is InChI=1S/C19H29N3O5S/c1-2-28(24,25)22(16-6-7-17-18(14-16)27-13-12-26-17)15-19(23)20-8-5-11-21-9-3-4-10-21/h6-7,14H,2-5,8-13,15H2,1H3,(H,20,23). The number of sulfonamides is 1. The maximum absolute atomic E-state index is 12.6. The molecule has 0 radical (unpaired) electrons. The Hall–Kier alpha value is -2.00. The lowest BCUT2D eigenvalue weighted by Crippen LogP contribution is -2.42. The molecule has 9 heteroatoms. The van der Waals surface area contributed by atoms with Crippen molar-refractivity contribution in [3.05, 3.63) is 18.2 Å². The molecule has 0 aromatic heterocycles. The second-order valence-corrected chi connectivity index (χ2v) is 9.17. The Labute approximate surface area is 166 Å². The molecule has 156 valence electrons. The molecule has 28 heavy (non-hydrogen) atoms. The van der Waals surface area contributed by atoms with Gasteiger partial charge in [-0.1, -0.05) is 0 Å². The van der Waals surface area contributed by atoms with Gasteiger partial charge in [0.05, 0.1) is 11.4 Å². The van der Waals surface area contributed by atoms with E-state index in [0.717, 1.165) is 30.4 Å². The number of benzene rings is 1. The van der Waals surface area contributed by atoms with Gasteiger partial charge in [-0.25, -0.2) is 8.42 Å². The van der Waals surface area contributed by atoms with E-state index in [4.69, 9.17) is 9.47 Å². The lowest BCUT2D eigenvalue weighted by Gasteiger charge is -2.25. The number of nitrogens with zero attached hydrogens (tertiary/aromatic N) is 2. The second kappa shape index (κ2) is 9.47. The highest BCUT2D eigenvalue weighted by Crippen LogP contribution is 2.34. The van der Waals surface area contributed by atoms with E-state index in [9.17, 15) is 13.2 Å². The summed E-state index contributed by atoms with van der Waals surface area (Å²) < 4.78 is 37.3. The Morgan fingerprint density at radius 3 is 2.61 bits per heavy atom. The molecule has 0 atom stereocenters. The minimum absolute atomic E-state index is 0.0936. The van der Waals surface area contributed by atoms with E-state index in [1.54, 1.807) is 25.1 Å². The molecule has 2 aliphatic heterocycles. The molecule has 0 aliphatic carbocycles. The van der Waals surface area contributed by atoms with Gasteiger partial charge in [-0.15, -0.1) is 0 Å². The number of amides is 1. The van der Waals surface area contributed by atoms with Crippen molar-refractivity contribution in [1.82, 2.24) is 10.2 Å². The van der Waals surface area contributed by atoms with E-state index in [2.05, 4.69) is 10.2 Å². The van der Waals surface area contributed by atoms with E-state index in [-0.39, 0.29) is 18.2 Å². The van der Waals surface area contributed by atoms with Crippen molar-refractivity contribution < 1.29 is 22.7 Å².